The summed E-state index contributed by atoms with van der Waals surface area (Å²) in [6.45, 7) is 0. The van der Waals surface area contributed by atoms with Gasteiger partial charge in [0, 0.05) is 42.8 Å². The van der Waals surface area contributed by atoms with Crippen LogP contribution in [0.4, 0.5) is 0 Å². The van der Waals surface area contributed by atoms with Crippen molar-refractivity contribution in [2.24, 2.45) is 0 Å². The van der Waals surface area contributed by atoms with Gasteiger partial charge in [-0.3, -0.25) is 0 Å². The van der Waals surface area contributed by atoms with E-state index in [0.29, 0.717) is 17.5 Å². The van der Waals surface area contributed by atoms with Crippen LogP contribution in [0, 0.1) is 0 Å². The van der Waals surface area contributed by atoms with E-state index >= 15 is 0 Å². The fraction of sp³-hybridized carbons (Fsp3) is 0.0250. The molecule has 0 unspecified atom stereocenters. The molecular formula is C40H25N3S. The summed E-state index contributed by atoms with van der Waals surface area (Å²) < 4.78 is 2.51. The molecule has 6 aromatic carbocycles. The summed E-state index contributed by atoms with van der Waals surface area (Å²) in [4.78, 5) is 14.8. The van der Waals surface area contributed by atoms with Gasteiger partial charge in [0.2, 0.25) is 0 Å². The zero-order valence-corrected chi connectivity index (χ0v) is 24.5. The smallest absolute Gasteiger partial charge is 0.164 e. The van der Waals surface area contributed by atoms with E-state index in [1.807, 2.05) is 72.0 Å². The lowest BCUT2D eigenvalue weighted by molar-refractivity contribution is 1.02. The highest BCUT2D eigenvalue weighted by molar-refractivity contribution is 7.25. The van der Waals surface area contributed by atoms with Crippen LogP contribution >= 0.6 is 11.3 Å². The first kappa shape index (κ1) is 25.1. The Morgan fingerprint density at radius 1 is 0.409 bits per heavy atom. The summed E-state index contributed by atoms with van der Waals surface area (Å²) in [5, 5.41) is 2.55. The molecule has 0 saturated carbocycles. The second-order valence-electron chi connectivity index (χ2n) is 11.2. The van der Waals surface area contributed by atoms with E-state index in [1.165, 1.54) is 48.0 Å². The highest BCUT2D eigenvalue weighted by Gasteiger charge is 2.29. The molecule has 1 aliphatic carbocycles. The van der Waals surface area contributed by atoms with Gasteiger partial charge in [0.1, 0.15) is 0 Å². The molecule has 0 N–H and O–H groups in total. The van der Waals surface area contributed by atoms with Crippen molar-refractivity contribution < 1.29 is 0 Å². The van der Waals surface area contributed by atoms with Gasteiger partial charge in [-0.15, -0.1) is 11.3 Å². The number of fused-ring (bicyclic) bond motifs is 6. The molecular weight excluding hydrogens is 555 g/mol. The quantitative estimate of drug-likeness (QED) is 0.208. The van der Waals surface area contributed by atoms with Crippen molar-refractivity contribution in [1.29, 1.82) is 0 Å². The molecule has 0 aliphatic heterocycles. The van der Waals surface area contributed by atoms with Crippen LogP contribution in [0.1, 0.15) is 22.6 Å². The first-order valence-electron chi connectivity index (χ1n) is 14.8. The topological polar surface area (TPSA) is 38.7 Å². The minimum absolute atomic E-state index is 0.235. The third-order valence-electron chi connectivity index (χ3n) is 8.62. The molecule has 1 aliphatic rings. The third kappa shape index (κ3) is 4.07. The molecule has 0 fully saturated rings. The van der Waals surface area contributed by atoms with Crippen LogP contribution in [0.25, 0.3) is 65.5 Å². The number of aromatic nitrogens is 3. The first-order valence-corrected chi connectivity index (χ1v) is 15.6. The normalized spacial score (nSPS) is 12.5. The van der Waals surface area contributed by atoms with Crippen molar-refractivity contribution in [3.8, 4) is 45.3 Å². The van der Waals surface area contributed by atoms with Crippen LogP contribution in [0.2, 0.25) is 0 Å². The van der Waals surface area contributed by atoms with Crippen molar-refractivity contribution in [2.75, 3.05) is 0 Å². The van der Waals surface area contributed by atoms with Crippen molar-refractivity contribution in [2.45, 2.75) is 5.92 Å². The van der Waals surface area contributed by atoms with Gasteiger partial charge in [0.15, 0.2) is 17.5 Å². The van der Waals surface area contributed by atoms with E-state index in [1.54, 1.807) is 0 Å². The molecule has 4 heteroatoms. The molecule has 2 heterocycles. The Morgan fingerprint density at radius 3 is 1.57 bits per heavy atom. The highest BCUT2D eigenvalue weighted by atomic mass is 32.1. The maximum atomic E-state index is 4.95. The predicted octanol–water partition coefficient (Wildman–Crippen LogP) is 10.4. The SMILES string of the molecule is c1ccc(-c2nc(-c3ccccc3)nc(-c3ccc4c(c3)sc3ccc(C5c6ccccc6-c6ccccc65)cc34)n2)cc1. The number of hydrogen-bond donors (Lipinski definition) is 0. The molecule has 206 valence electrons. The summed E-state index contributed by atoms with van der Waals surface area (Å²) in [6.07, 6.45) is 0. The van der Waals surface area contributed by atoms with Crippen molar-refractivity contribution in [3.05, 3.63) is 162 Å². The monoisotopic (exact) mass is 579 g/mol. The number of nitrogens with zero attached hydrogens (tertiary/aromatic N) is 3. The third-order valence-corrected chi connectivity index (χ3v) is 9.75. The zero-order valence-electron chi connectivity index (χ0n) is 23.7. The van der Waals surface area contributed by atoms with Gasteiger partial charge in [0.05, 0.1) is 0 Å². The lowest BCUT2D eigenvalue weighted by atomic mass is 9.88. The zero-order chi connectivity index (χ0) is 29.0. The molecule has 3 nitrogen and oxygen atoms in total. The van der Waals surface area contributed by atoms with E-state index < -0.39 is 0 Å². The van der Waals surface area contributed by atoms with Crippen LogP contribution in [0.15, 0.2) is 146 Å². The standard InChI is InChI=1S/C40H25N3S/c1-3-11-25(12-4-1)38-41-39(26-13-5-2-6-14-26)43-40(42-38)28-19-21-31-34-23-27(20-22-35(34)44-36(31)24-28)37-32-17-9-7-15-29(32)30-16-8-10-18-33(30)37/h1-24,37H. The Bertz CT molecular complexity index is 2240. The molecule has 0 bridgehead atoms. The van der Waals surface area contributed by atoms with Gasteiger partial charge in [-0.05, 0) is 46.0 Å². The Hall–Kier alpha value is -5.45. The second-order valence-corrected chi connectivity index (χ2v) is 12.3. The maximum absolute atomic E-state index is 4.95. The number of benzene rings is 6. The summed E-state index contributed by atoms with van der Waals surface area (Å²) in [5.41, 5.74) is 9.71. The number of thiophene rings is 1. The van der Waals surface area contributed by atoms with Crippen molar-refractivity contribution >= 4 is 31.5 Å². The molecule has 2 aromatic heterocycles. The van der Waals surface area contributed by atoms with Crippen LogP contribution in [0.5, 0.6) is 0 Å². The van der Waals surface area contributed by atoms with Crippen LogP contribution < -0.4 is 0 Å². The molecule has 44 heavy (non-hydrogen) atoms. The fourth-order valence-electron chi connectivity index (χ4n) is 6.57. The molecule has 0 spiro atoms. The molecule has 0 atom stereocenters. The lowest BCUT2D eigenvalue weighted by Gasteiger charge is -2.14. The largest absolute Gasteiger partial charge is 0.208 e. The molecule has 0 radical (unpaired) electrons. The van der Waals surface area contributed by atoms with E-state index in [4.69, 9.17) is 15.0 Å². The molecule has 0 amide bonds. The minimum Gasteiger partial charge on any atom is -0.208 e. The number of hydrogen-bond acceptors (Lipinski definition) is 4. The summed E-state index contributed by atoms with van der Waals surface area (Å²) >= 11 is 1.82. The average molecular weight is 580 g/mol. The van der Waals surface area contributed by atoms with Gasteiger partial charge in [-0.2, -0.15) is 0 Å². The first-order chi connectivity index (χ1) is 21.8. The molecule has 0 saturated heterocycles. The van der Waals surface area contributed by atoms with Gasteiger partial charge in [-0.1, -0.05) is 127 Å². The van der Waals surface area contributed by atoms with Gasteiger partial charge in [0.25, 0.3) is 0 Å². The van der Waals surface area contributed by atoms with Crippen LogP contribution in [-0.2, 0) is 0 Å². The minimum atomic E-state index is 0.235. The number of rotatable bonds is 4. The van der Waals surface area contributed by atoms with Crippen molar-refractivity contribution in [1.82, 2.24) is 15.0 Å². The van der Waals surface area contributed by atoms with Crippen molar-refractivity contribution in [3.63, 3.8) is 0 Å². The van der Waals surface area contributed by atoms with E-state index in [-0.39, 0.29) is 5.92 Å². The van der Waals surface area contributed by atoms with E-state index in [0.717, 1.165) is 16.7 Å². The van der Waals surface area contributed by atoms with E-state index in [2.05, 4.69) is 84.9 Å². The Morgan fingerprint density at radius 2 is 0.955 bits per heavy atom. The second kappa shape index (κ2) is 10.1. The lowest BCUT2D eigenvalue weighted by Crippen LogP contribution is -2.00. The summed E-state index contributed by atoms with van der Waals surface area (Å²) in [5.74, 6) is 2.26. The van der Waals surface area contributed by atoms with E-state index in [9.17, 15) is 0 Å². The molecule has 9 rings (SSSR count). The highest BCUT2D eigenvalue weighted by Crippen LogP contribution is 2.49. The maximum Gasteiger partial charge on any atom is 0.164 e. The van der Waals surface area contributed by atoms with Crippen LogP contribution in [0.3, 0.4) is 0 Å². The Labute approximate surface area is 259 Å². The van der Waals surface area contributed by atoms with Crippen LogP contribution in [-0.4, -0.2) is 15.0 Å². The van der Waals surface area contributed by atoms with Gasteiger partial charge < -0.3 is 0 Å². The average Bonchev–Trinajstić information content (AvgIpc) is 3.64. The van der Waals surface area contributed by atoms with Gasteiger partial charge in [-0.25, -0.2) is 15.0 Å². The van der Waals surface area contributed by atoms with Gasteiger partial charge >= 0.3 is 0 Å². The predicted molar refractivity (Wildman–Crippen MR) is 182 cm³/mol. The fourth-order valence-corrected chi connectivity index (χ4v) is 7.69. The summed E-state index contributed by atoms with van der Waals surface area (Å²) in [6, 6.07) is 51.6. The summed E-state index contributed by atoms with van der Waals surface area (Å²) in [7, 11) is 0. The molecule has 8 aromatic rings. The Kier molecular flexibility index (Phi) is 5.75. The Balaban J connectivity index is 1.17.